The molecule has 0 bridgehead atoms. The van der Waals surface area contributed by atoms with Crippen LogP contribution >= 0.6 is 0 Å². The van der Waals surface area contributed by atoms with Crippen LogP contribution in [0.25, 0.3) is 0 Å². The number of nitrogens with one attached hydrogen (secondary N) is 1. The van der Waals surface area contributed by atoms with Gasteiger partial charge in [-0.05, 0) is 43.7 Å². The molecule has 0 atom stereocenters. The van der Waals surface area contributed by atoms with Gasteiger partial charge in [-0.3, -0.25) is 0 Å². The molecule has 0 fully saturated rings. The van der Waals surface area contributed by atoms with Gasteiger partial charge in [0.15, 0.2) is 0 Å². The number of benzene rings is 2. The zero-order valence-corrected chi connectivity index (χ0v) is 11.9. The summed E-state index contributed by atoms with van der Waals surface area (Å²) >= 11 is 0. The van der Waals surface area contributed by atoms with Crippen LogP contribution in [0.4, 0.5) is 4.39 Å². The number of ether oxygens (including phenoxy) is 1. The monoisotopic (exact) mass is 273 g/mol. The summed E-state index contributed by atoms with van der Waals surface area (Å²) in [6.45, 7) is 5.39. The van der Waals surface area contributed by atoms with E-state index in [1.807, 2.05) is 31.2 Å². The maximum absolute atomic E-state index is 14.0. The van der Waals surface area contributed by atoms with Crippen molar-refractivity contribution in [2.75, 3.05) is 6.54 Å². The van der Waals surface area contributed by atoms with Gasteiger partial charge >= 0.3 is 0 Å². The van der Waals surface area contributed by atoms with Crippen LogP contribution in [0.2, 0.25) is 0 Å². The van der Waals surface area contributed by atoms with E-state index in [0.29, 0.717) is 17.9 Å². The summed E-state index contributed by atoms with van der Waals surface area (Å²) in [5.74, 6) is 1.09. The summed E-state index contributed by atoms with van der Waals surface area (Å²) < 4.78 is 19.8. The molecule has 0 saturated heterocycles. The third-order valence-corrected chi connectivity index (χ3v) is 3.12. The molecule has 0 aliphatic carbocycles. The van der Waals surface area contributed by atoms with Gasteiger partial charge < -0.3 is 10.1 Å². The van der Waals surface area contributed by atoms with Crippen molar-refractivity contribution in [2.24, 2.45) is 0 Å². The molecule has 2 aromatic rings. The number of hydrogen-bond acceptors (Lipinski definition) is 2. The second kappa shape index (κ2) is 7.06. The molecule has 3 heteroatoms. The van der Waals surface area contributed by atoms with Gasteiger partial charge in [0.1, 0.15) is 17.3 Å². The van der Waals surface area contributed by atoms with E-state index >= 15 is 0 Å². The molecule has 0 heterocycles. The quantitative estimate of drug-likeness (QED) is 0.786. The summed E-state index contributed by atoms with van der Waals surface area (Å²) in [6.07, 6.45) is 1.02. The van der Waals surface area contributed by atoms with E-state index in [9.17, 15) is 4.39 Å². The Morgan fingerprint density at radius 1 is 1.05 bits per heavy atom. The summed E-state index contributed by atoms with van der Waals surface area (Å²) in [4.78, 5) is 0. The lowest BCUT2D eigenvalue weighted by Crippen LogP contribution is -2.15. The Labute approximate surface area is 119 Å². The van der Waals surface area contributed by atoms with E-state index in [1.165, 1.54) is 6.07 Å². The number of para-hydroxylation sites is 1. The van der Waals surface area contributed by atoms with E-state index < -0.39 is 0 Å². The molecule has 2 rings (SSSR count). The minimum absolute atomic E-state index is 0.236. The van der Waals surface area contributed by atoms with Crippen LogP contribution in [0, 0.1) is 12.7 Å². The predicted octanol–water partition coefficient (Wildman–Crippen LogP) is 4.43. The fraction of sp³-hybridized carbons (Fsp3) is 0.294. The maximum atomic E-state index is 14.0. The van der Waals surface area contributed by atoms with Crippen molar-refractivity contribution in [1.29, 1.82) is 0 Å². The van der Waals surface area contributed by atoms with Crippen LogP contribution in [0.1, 0.15) is 24.5 Å². The van der Waals surface area contributed by atoms with Crippen molar-refractivity contribution in [1.82, 2.24) is 5.32 Å². The minimum atomic E-state index is -0.236. The van der Waals surface area contributed by atoms with Gasteiger partial charge in [0.25, 0.3) is 0 Å². The van der Waals surface area contributed by atoms with E-state index in [0.717, 1.165) is 24.3 Å². The predicted molar refractivity (Wildman–Crippen MR) is 79.7 cm³/mol. The summed E-state index contributed by atoms with van der Waals surface area (Å²) in [7, 11) is 0. The third-order valence-electron chi connectivity index (χ3n) is 3.12. The van der Waals surface area contributed by atoms with Crippen LogP contribution in [0.5, 0.6) is 11.5 Å². The van der Waals surface area contributed by atoms with Crippen molar-refractivity contribution in [3.8, 4) is 11.5 Å². The van der Waals surface area contributed by atoms with Crippen LogP contribution in [0.3, 0.4) is 0 Å². The molecular weight excluding hydrogens is 253 g/mol. The van der Waals surface area contributed by atoms with Gasteiger partial charge in [-0.15, -0.1) is 0 Å². The smallest absolute Gasteiger partial charge is 0.134 e. The highest BCUT2D eigenvalue weighted by atomic mass is 19.1. The Hall–Kier alpha value is -1.87. The van der Waals surface area contributed by atoms with E-state index in [1.54, 1.807) is 12.1 Å². The average molecular weight is 273 g/mol. The molecule has 0 amide bonds. The van der Waals surface area contributed by atoms with Crippen LogP contribution in [-0.4, -0.2) is 6.54 Å². The largest absolute Gasteiger partial charge is 0.457 e. The molecule has 0 radical (unpaired) electrons. The first-order chi connectivity index (χ1) is 9.72. The van der Waals surface area contributed by atoms with Crippen LogP contribution in [-0.2, 0) is 6.54 Å². The van der Waals surface area contributed by atoms with Gasteiger partial charge in [-0.1, -0.05) is 31.2 Å². The molecule has 106 valence electrons. The molecule has 20 heavy (non-hydrogen) atoms. The molecule has 0 unspecified atom stereocenters. The zero-order valence-electron chi connectivity index (χ0n) is 11.9. The first-order valence-corrected chi connectivity index (χ1v) is 6.94. The highest BCUT2D eigenvalue weighted by molar-refractivity contribution is 5.41. The molecule has 0 spiro atoms. The van der Waals surface area contributed by atoms with Crippen molar-refractivity contribution in [3.05, 3.63) is 59.4 Å². The Morgan fingerprint density at radius 3 is 2.55 bits per heavy atom. The number of halogens is 1. The molecule has 1 N–H and O–H groups in total. The van der Waals surface area contributed by atoms with Gasteiger partial charge in [-0.25, -0.2) is 4.39 Å². The summed E-state index contributed by atoms with van der Waals surface area (Å²) in [6, 6.07) is 12.7. The lowest BCUT2D eigenvalue weighted by atomic mass is 10.1. The summed E-state index contributed by atoms with van der Waals surface area (Å²) in [5.41, 5.74) is 1.61. The highest BCUT2D eigenvalue weighted by Crippen LogP contribution is 2.29. The standard InChI is InChI=1S/C17H20FNO/c1-3-11-19-12-14-15(18)8-6-10-17(14)20-16-9-5-4-7-13(16)2/h4-10,19H,3,11-12H2,1-2H3. The van der Waals surface area contributed by atoms with E-state index in [-0.39, 0.29) is 5.82 Å². The van der Waals surface area contributed by atoms with E-state index in [2.05, 4.69) is 12.2 Å². The van der Waals surface area contributed by atoms with Crippen LogP contribution < -0.4 is 10.1 Å². The first kappa shape index (κ1) is 14.5. The van der Waals surface area contributed by atoms with Crippen molar-refractivity contribution in [3.63, 3.8) is 0 Å². The van der Waals surface area contributed by atoms with Gasteiger partial charge in [0.2, 0.25) is 0 Å². The molecule has 0 aliphatic rings. The van der Waals surface area contributed by atoms with E-state index in [4.69, 9.17) is 4.74 Å². The second-order valence-electron chi connectivity index (χ2n) is 4.76. The lowest BCUT2D eigenvalue weighted by Gasteiger charge is -2.14. The van der Waals surface area contributed by atoms with Gasteiger partial charge in [-0.2, -0.15) is 0 Å². The number of rotatable bonds is 6. The average Bonchev–Trinajstić information content (AvgIpc) is 2.44. The first-order valence-electron chi connectivity index (χ1n) is 6.94. The topological polar surface area (TPSA) is 21.3 Å². The maximum Gasteiger partial charge on any atom is 0.134 e. The lowest BCUT2D eigenvalue weighted by molar-refractivity contribution is 0.459. The Balaban J connectivity index is 2.23. The normalized spacial score (nSPS) is 10.6. The van der Waals surface area contributed by atoms with Crippen molar-refractivity contribution in [2.45, 2.75) is 26.8 Å². The highest BCUT2D eigenvalue weighted by Gasteiger charge is 2.10. The molecule has 0 aliphatic heterocycles. The van der Waals surface area contributed by atoms with Crippen molar-refractivity contribution >= 4 is 0 Å². The molecule has 0 aromatic heterocycles. The molecule has 2 aromatic carbocycles. The number of aryl methyl sites for hydroxylation is 1. The zero-order chi connectivity index (χ0) is 14.4. The SMILES string of the molecule is CCCNCc1c(F)cccc1Oc1ccccc1C. The summed E-state index contributed by atoms with van der Waals surface area (Å²) in [5, 5.41) is 3.21. The second-order valence-corrected chi connectivity index (χ2v) is 4.76. The fourth-order valence-electron chi connectivity index (χ4n) is 1.99. The molecular formula is C17H20FNO. The van der Waals surface area contributed by atoms with Gasteiger partial charge in [0, 0.05) is 12.1 Å². The Kier molecular flexibility index (Phi) is 5.13. The fourth-order valence-corrected chi connectivity index (χ4v) is 1.99. The van der Waals surface area contributed by atoms with Crippen LogP contribution in [0.15, 0.2) is 42.5 Å². The third kappa shape index (κ3) is 3.58. The minimum Gasteiger partial charge on any atom is -0.457 e. The number of hydrogen-bond donors (Lipinski definition) is 1. The Morgan fingerprint density at radius 2 is 1.80 bits per heavy atom. The molecule has 0 saturated carbocycles. The van der Waals surface area contributed by atoms with Crippen molar-refractivity contribution < 1.29 is 9.13 Å². The molecule has 2 nitrogen and oxygen atoms in total. The Bertz CT molecular complexity index is 569. The van der Waals surface area contributed by atoms with Gasteiger partial charge in [0.05, 0.1) is 0 Å².